The van der Waals surface area contributed by atoms with Crippen molar-refractivity contribution in [3.05, 3.63) is 118 Å². The Morgan fingerprint density at radius 2 is 1.70 bits per heavy atom. The molecule has 0 radical (unpaired) electrons. The molecule has 0 aliphatic rings. The summed E-state index contributed by atoms with van der Waals surface area (Å²) in [4.78, 5) is 40.3. The standard InChI is InChI=1S/C33H29Cl2N3O5S/c1-3-30(33(42)37-27-17-22(34)13-15-26(27)35)44-25-11-7-10-23(18-25)36-32(41)28(38-31(40)20-8-5-4-6-9-20)16-21-12-14-24(39)19-29(21)43-2/h4-19,30,39H,3H2,1-2H3,(H,36,41)(H,37,42)(H,38,40)/b28-16+. The van der Waals surface area contributed by atoms with Crippen LogP contribution in [0.5, 0.6) is 11.5 Å². The third kappa shape index (κ3) is 8.79. The van der Waals surface area contributed by atoms with Crippen molar-refractivity contribution in [2.75, 3.05) is 17.7 Å². The van der Waals surface area contributed by atoms with Crippen molar-refractivity contribution in [3.63, 3.8) is 0 Å². The number of carbonyl (C=O) groups is 3. The molecule has 0 aliphatic carbocycles. The summed E-state index contributed by atoms with van der Waals surface area (Å²) in [7, 11) is 1.44. The lowest BCUT2D eigenvalue weighted by Gasteiger charge is -2.16. The van der Waals surface area contributed by atoms with Crippen LogP contribution in [0.4, 0.5) is 11.4 Å². The summed E-state index contributed by atoms with van der Waals surface area (Å²) >= 11 is 13.6. The summed E-state index contributed by atoms with van der Waals surface area (Å²) in [5, 5.41) is 18.6. The number of halogens is 2. The quantitative estimate of drug-likeness (QED) is 0.0980. The van der Waals surface area contributed by atoms with Gasteiger partial charge in [-0.2, -0.15) is 0 Å². The fourth-order valence-corrected chi connectivity index (χ4v) is 5.41. The summed E-state index contributed by atoms with van der Waals surface area (Å²) in [6, 6.07) is 24.8. The smallest absolute Gasteiger partial charge is 0.272 e. The first kappa shape index (κ1) is 32.5. The van der Waals surface area contributed by atoms with E-state index in [1.54, 1.807) is 72.8 Å². The number of hydrogen-bond donors (Lipinski definition) is 4. The van der Waals surface area contributed by atoms with Gasteiger partial charge >= 0.3 is 0 Å². The predicted octanol–water partition coefficient (Wildman–Crippen LogP) is 7.63. The number of nitrogens with one attached hydrogen (secondary N) is 3. The minimum Gasteiger partial charge on any atom is -0.508 e. The fraction of sp³-hybridized carbons (Fsp3) is 0.121. The number of carbonyl (C=O) groups excluding carboxylic acids is 3. The molecule has 0 saturated heterocycles. The molecule has 0 aromatic heterocycles. The van der Waals surface area contributed by atoms with Crippen LogP contribution in [-0.4, -0.2) is 35.2 Å². The second-order valence-corrected chi connectivity index (χ2v) is 11.5. The second kappa shape index (κ2) is 15.3. The normalized spacial score (nSPS) is 11.8. The van der Waals surface area contributed by atoms with Crippen molar-refractivity contribution in [3.8, 4) is 11.5 Å². The molecule has 4 aromatic rings. The average molecular weight is 651 g/mol. The molecule has 0 aliphatic heterocycles. The number of benzene rings is 4. The molecule has 11 heteroatoms. The van der Waals surface area contributed by atoms with E-state index in [0.29, 0.717) is 44.7 Å². The van der Waals surface area contributed by atoms with Crippen LogP contribution >= 0.6 is 35.0 Å². The number of ether oxygens (including phenoxy) is 1. The number of methoxy groups -OCH3 is 1. The number of phenolic OH excluding ortho intramolecular Hbond substituents is 1. The predicted molar refractivity (Wildman–Crippen MR) is 177 cm³/mol. The molecule has 44 heavy (non-hydrogen) atoms. The molecular weight excluding hydrogens is 621 g/mol. The van der Waals surface area contributed by atoms with E-state index in [1.165, 1.54) is 37.1 Å². The maximum Gasteiger partial charge on any atom is 0.272 e. The van der Waals surface area contributed by atoms with E-state index < -0.39 is 17.1 Å². The Labute approximate surface area is 269 Å². The Morgan fingerprint density at radius 3 is 2.43 bits per heavy atom. The molecule has 0 bridgehead atoms. The average Bonchev–Trinajstić information content (AvgIpc) is 3.02. The number of rotatable bonds is 11. The van der Waals surface area contributed by atoms with E-state index in [-0.39, 0.29) is 17.4 Å². The Balaban J connectivity index is 1.54. The highest BCUT2D eigenvalue weighted by atomic mass is 35.5. The van der Waals surface area contributed by atoms with Crippen molar-refractivity contribution in [1.29, 1.82) is 0 Å². The van der Waals surface area contributed by atoms with E-state index >= 15 is 0 Å². The maximum absolute atomic E-state index is 13.5. The number of phenols is 1. The van der Waals surface area contributed by atoms with Gasteiger partial charge in [-0.15, -0.1) is 11.8 Å². The van der Waals surface area contributed by atoms with Crippen LogP contribution in [0.1, 0.15) is 29.3 Å². The van der Waals surface area contributed by atoms with Gasteiger partial charge in [0.1, 0.15) is 17.2 Å². The lowest BCUT2D eigenvalue weighted by molar-refractivity contribution is -0.116. The topological polar surface area (TPSA) is 117 Å². The van der Waals surface area contributed by atoms with Crippen LogP contribution in [-0.2, 0) is 9.59 Å². The molecule has 1 unspecified atom stereocenters. The molecular formula is C33H29Cl2N3O5S. The van der Waals surface area contributed by atoms with Gasteiger partial charge < -0.3 is 25.8 Å². The van der Waals surface area contributed by atoms with E-state index in [0.717, 1.165) is 4.90 Å². The first-order valence-corrected chi connectivity index (χ1v) is 15.1. The molecule has 0 saturated carbocycles. The van der Waals surface area contributed by atoms with Gasteiger partial charge in [-0.3, -0.25) is 14.4 Å². The minimum atomic E-state index is -0.591. The monoisotopic (exact) mass is 649 g/mol. The van der Waals surface area contributed by atoms with Crippen molar-refractivity contribution in [2.24, 2.45) is 0 Å². The van der Waals surface area contributed by atoms with Crippen LogP contribution in [0.15, 0.2) is 102 Å². The minimum absolute atomic E-state index is 0.0117. The fourth-order valence-electron chi connectivity index (χ4n) is 4.06. The van der Waals surface area contributed by atoms with Crippen molar-refractivity contribution in [2.45, 2.75) is 23.5 Å². The third-order valence-electron chi connectivity index (χ3n) is 6.27. The summed E-state index contributed by atoms with van der Waals surface area (Å²) in [5.41, 5.74) is 1.65. The van der Waals surface area contributed by atoms with Gasteiger partial charge in [-0.1, -0.05) is 54.4 Å². The largest absolute Gasteiger partial charge is 0.508 e. The van der Waals surface area contributed by atoms with E-state index in [1.807, 2.05) is 13.0 Å². The van der Waals surface area contributed by atoms with E-state index in [2.05, 4.69) is 16.0 Å². The molecule has 4 rings (SSSR count). The molecule has 3 amide bonds. The molecule has 1 atom stereocenters. The molecule has 0 fully saturated rings. The Hall–Kier alpha value is -4.44. The maximum atomic E-state index is 13.5. The summed E-state index contributed by atoms with van der Waals surface area (Å²) in [6.45, 7) is 1.90. The van der Waals surface area contributed by atoms with Gasteiger partial charge in [-0.25, -0.2) is 0 Å². The zero-order valence-electron chi connectivity index (χ0n) is 23.8. The molecule has 4 N–H and O–H groups in total. The number of hydrogen-bond acceptors (Lipinski definition) is 6. The highest BCUT2D eigenvalue weighted by Gasteiger charge is 2.20. The molecule has 226 valence electrons. The van der Waals surface area contributed by atoms with Crippen LogP contribution in [0.25, 0.3) is 6.08 Å². The number of thioether (sulfide) groups is 1. The third-order valence-corrected chi connectivity index (χ3v) is 8.19. The molecule has 0 spiro atoms. The number of anilines is 2. The van der Waals surface area contributed by atoms with Gasteiger partial charge in [-0.05, 0) is 73.2 Å². The number of aromatic hydroxyl groups is 1. The van der Waals surface area contributed by atoms with Crippen molar-refractivity contribution >= 4 is 70.1 Å². The summed E-state index contributed by atoms with van der Waals surface area (Å²) in [5.74, 6) is -1.02. The van der Waals surface area contributed by atoms with Crippen LogP contribution in [0.2, 0.25) is 10.0 Å². The highest BCUT2D eigenvalue weighted by molar-refractivity contribution is 8.00. The summed E-state index contributed by atoms with van der Waals surface area (Å²) < 4.78 is 5.35. The lowest BCUT2D eigenvalue weighted by Crippen LogP contribution is -2.30. The van der Waals surface area contributed by atoms with Crippen molar-refractivity contribution in [1.82, 2.24) is 5.32 Å². The molecule has 8 nitrogen and oxygen atoms in total. The Bertz CT molecular complexity index is 1700. The summed E-state index contributed by atoms with van der Waals surface area (Å²) in [6.07, 6.45) is 1.99. The zero-order valence-corrected chi connectivity index (χ0v) is 26.1. The lowest BCUT2D eigenvalue weighted by atomic mass is 10.1. The SMILES string of the molecule is CCC(Sc1cccc(NC(=O)/C(=C\c2ccc(O)cc2OC)NC(=O)c2ccccc2)c1)C(=O)Nc1cc(Cl)ccc1Cl. The second-order valence-electron chi connectivity index (χ2n) is 9.41. The molecule has 0 heterocycles. The first-order valence-electron chi connectivity index (χ1n) is 13.5. The molecule has 4 aromatic carbocycles. The van der Waals surface area contributed by atoms with Crippen LogP contribution < -0.4 is 20.7 Å². The van der Waals surface area contributed by atoms with Crippen LogP contribution in [0.3, 0.4) is 0 Å². The first-order chi connectivity index (χ1) is 21.2. The Morgan fingerprint density at radius 1 is 0.932 bits per heavy atom. The van der Waals surface area contributed by atoms with Crippen molar-refractivity contribution < 1.29 is 24.2 Å². The number of amides is 3. The van der Waals surface area contributed by atoms with Gasteiger partial charge in [0, 0.05) is 32.8 Å². The zero-order chi connectivity index (χ0) is 31.6. The van der Waals surface area contributed by atoms with Gasteiger partial charge in [0.2, 0.25) is 5.91 Å². The van der Waals surface area contributed by atoms with Gasteiger partial charge in [0.25, 0.3) is 11.8 Å². The Kier molecular flexibility index (Phi) is 11.3. The van der Waals surface area contributed by atoms with Gasteiger partial charge in [0.15, 0.2) is 0 Å². The van der Waals surface area contributed by atoms with E-state index in [4.69, 9.17) is 27.9 Å². The van der Waals surface area contributed by atoms with Crippen LogP contribution in [0, 0.1) is 0 Å². The van der Waals surface area contributed by atoms with E-state index in [9.17, 15) is 19.5 Å². The highest BCUT2D eigenvalue weighted by Crippen LogP contribution is 2.31. The van der Waals surface area contributed by atoms with Gasteiger partial charge in [0.05, 0.1) is 23.1 Å².